The number of thiocarbonyl (C=S) groups is 1. The van der Waals surface area contributed by atoms with Crippen LogP contribution in [0.4, 0.5) is 22.1 Å². The van der Waals surface area contributed by atoms with Gasteiger partial charge in [0.1, 0.15) is 31.7 Å². The number of hydrogen-bond acceptors (Lipinski definition) is 10. The van der Waals surface area contributed by atoms with Gasteiger partial charge in [-0.05, 0) is 68.9 Å². The number of aromatic nitrogens is 3. The third kappa shape index (κ3) is 4.87. The van der Waals surface area contributed by atoms with E-state index in [1.165, 1.54) is 27.8 Å². The van der Waals surface area contributed by atoms with Crippen LogP contribution < -0.4 is 4.90 Å². The van der Waals surface area contributed by atoms with Gasteiger partial charge in [-0.15, -0.1) is 11.3 Å². The number of nitrogens with zero attached hydrogens (tertiary/aromatic N) is 6. The second-order valence-corrected chi connectivity index (χ2v) is 12.1. The van der Waals surface area contributed by atoms with E-state index >= 15 is 0 Å². The van der Waals surface area contributed by atoms with Crippen LogP contribution >= 0.6 is 47.0 Å². The molecule has 1 aliphatic rings. The summed E-state index contributed by atoms with van der Waals surface area (Å²) in [7, 11) is 0. The Morgan fingerprint density at radius 3 is 2.18 bits per heavy atom. The van der Waals surface area contributed by atoms with Crippen molar-refractivity contribution in [3.05, 3.63) is 78.0 Å². The van der Waals surface area contributed by atoms with E-state index < -0.39 is 0 Å². The summed E-state index contributed by atoms with van der Waals surface area (Å²) in [4.78, 5) is 26.8. The summed E-state index contributed by atoms with van der Waals surface area (Å²) in [5.41, 5.74) is 7.11. The summed E-state index contributed by atoms with van der Waals surface area (Å²) >= 11 is 9.26. The lowest BCUT2D eigenvalue weighted by molar-refractivity contribution is -0.119. The van der Waals surface area contributed by atoms with E-state index in [1.54, 1.807) is 17.5 Å². The summed E-state index contributed by atoms with van der Waals surface area (Å²) in [6.07, 6.45) is 1.66. The first kappa shape index (κ1) is 25.8. The SMILES string of the molecule is CCN1C(=O)C(=Nc2cnc(-c3ccc(N(c4ccc(C)cc4)c4ccc(C)cc4)s3)c3nsnc23)SC1=S. The molecule has 4 heterocycles. The topological polar surface area (TPSA) is 74.6 Å². The number of aliphatic imine (C=N–C) groups is 1. The number of rotatable bonds is 6. The van der Waals surface area contributed by atoms with Crippen LogP contribution in [0, 0.1) is 13.8 Å². The van der Waals surface area contributed by atoms with E-state index in [0.29, 0.717) is 32.6 Å². The van der Waals surface area contributed by atoms with Crippen LogP contribution in [0.2, 0.25) is 0 Å². The van der Waals surface area contributed by atoms with Crippen molar-refractivity contribution in [3.8, 4) is 10.6 Å². The van der Waals surface area contributed by atoms with Crippen LogP contribution in [0.5, 0.6) is 0 Å². The number of anilines is 3. The minimum Gasteiger partial charge on any atom is -0.302 e. The lowest BCUT2D eigenvalue weighted by atomic mass is 10.1. The number of carbonyl (C=O) groups is 1. The van der Waals surface area contributed by atoms with Crippen molar-refractivity contribution in [1.29, 1.82) is 0 Å². The second-order valence-electron chi connectivity index (χ2n) is 8.93. The van der Waals surface area contributed by atoms with Crippen molar-refractivity contribution in [2.24, 2.45) is 4.99 Å². The van der Waals surface area contributed by atoms with Crippen molar-refractivity contribution in [3.63, 3.8) is 0 Å². The van der Waals surface area contributed by atoms with Crippen molar-refractivity contribution < 1.29 is 4.79 Å². The van der Waals surface area contributed by atoms with Crippen LogP contribution in [0.25, 0.3) is 21.6 Å². The molecule has 0 spiro atoms. The third-order valence-electron chi connectivity index (χ3n) is 6.27. The molecule has 0 atom stereocenters. The number of benzene rings is 2. The molecule has 194 valence electrons. The fourth-order valence-corrected chi connectivity index (χ4v) is 7.10. The van der Waals surface area contributed by atoms with Gasteiger partial charge in [0.15, 0.2) is 5.04 Å². The summed E-state index contributed by atoms with van der Waals surface area (Å²) in [5.74, 6) is -0.192. The predicted molar refractivity (Wildman–Crippen MR) is 167 cm³/mol. The molecule has 39 heavy (non-hydrogen) atoms. The van der Waals surface area contributed by atoms with Gasteiger partial charge in [0, 0.05) is 17.9 Å². The van der Waals surface area contributed by atoms with Gasteiger partial charge in [-0.2, -0.15) is 8.75 Å². The van der Waals surface area contributed by atoms with Gasteiger partial charge in [0.2, 0.25) is 0 Å². The number of fused-ring (bicyclic) bond motifs is 1. The molecule has 1 fully saturated rings. The van der Waals surface area contributed by atoms with Crippen LogP contribution in [0.3, 0.4) is 0 Å². The minimum atomic E-state index is -0.192. The number of pyridine rings is 1. The average molecular weight is 587 g/mol. The first-order valence-corrected chi connectivity index (χ1v) is 15.0. The molecular weight excluding hydrogens is 565 g/mol. The molecule has 5 aromatic rings. The van der Waals surface area contributed by atoms with Crippen molar-refractivity contribution >= 4 is 95.4 Å². The molecule has 1 aliphatic heterocycles. The van der Waals surface area contributed by atoms with E-state index in [1.807, 2.05) is 6.92 Å². The zero-order valence-corrected chi connectivity index (χ0v) is 24.5. The van der Waals surface area contributed by atoms with Gasteiger partial charge in [-0.25, -0.2) is 4.99 Å². The van der Waals surface area contributed by atoms with Crippen molar-refractivity contribution in [2.75, 3.05) is 11.4 Å². The van der Waals surface area contributed by atoms with Gasteiger partial charge in [-0.1, -0.05) is 47.6 Å². The van der Waals surface area contributed by atoms with Crippen LogP contribution in [-0.4, -0.2) is 40.4 Å². The number of amides is 1. The highest BCUT2D eigenvalue weighted by molar-refractivity contribution is 8.35. The number of aryl methyl sites for hydroxylation is 2. The molecule has 0 aliphatic carbocycles. The Labute approximate surface area is 243 Å². The molecule has 7 nitrogen and oxygen atoms in total. The molecule has 1 saturated heterocycles. The molecule has 6 rings (SSSR count). The van der Waals surface area contributed by atoms with E-state index in [0.717, 1.165) is 38.7 Å². The number of thiophene rings is 1. The monoisotopic (exact) mass is 586 g/mol. The van der Waals surface area contributed by atoms with Crippen LogP contribution in [-0.2, 0) is 4.79 Å². The van der Waals surface area contributed by atoms with Gasteiger partial charge in [0.05, 0.1) is 22.8 Å². The Balaban J connectivity index is 1.39. The average Bonchev–Trinajstić information content (AvgIpc) is 3.67. The molecule has 0 radical (unpaired) electrons. The zero-order chi connectivity index (χ0) is 27.1. The standard InChI is InChI=1S/C28H22N6OS4/c1-4-33-27(35)26(38-28(33)36)30-20-15-29-24(25-23(20)31-39-32-25)21-13-14-22(37-21)34(18-9-5-16(2)6-10-18)19-11-7-17(3)8-12-19/h5-15H,4H2,1-3H3. The van der Waals surface area contributed by atoms with E-state index in [4.69, 9.17) is 17.2 Å². The number of carbonyl (C=O) groups excluding carboxylic acids is 1. The minimum absolute atomic E-state index is 0.192. The van der Waals surface area contributed by atoms with Gasteiger partial charge in [0.25, 0.3) is 5.91 Å². The Morgan fingerprint density at radius 2 is 1.56 bits per heavy atom. The van der Waals surface area contributed by atoms with E-state index in [-0.39, 0.29) is 5.91 Å². The van der Waals surface area contributed by atoms with Gasteiger partial charge < -0.3 is 4.90 Å². The van der Waals surface area contributed by atoms with Crippen LogP contribution in [0.1, 0.15) is 18.1 Å². The molecule has 2 aromatic carbocycles. The van der Waals surface area contributed by atoms with Crippen LogP contribution in [0.15, 0.2) is 71.9 Å². The molecule has 3 aromatic heterocycles. The third-order valence-corrected chi connectivity index (χ3v) is 9.20. The lowest BCUT2D eigenvalue weighted by Crippen LogP contribution is -2.29. The molecule has 1 amide bonds. The maximum absolute atomic E-state index is 12.7. The highest BCUT2D eigenvalue weighted by Crippen LogP contribution is 2.43. The molecule has 0 bridgehead atoms. The molecule has 0 saturated carbocycles. The quantitative estimate of drug-likeness (QED) is 0.188. The first-order valence-electron chi connectivity index (χ1n) is 12.2. The second kappa shape index (κ2) is 10.6. The summed E-state index contributed by atoms with van der Waals surface area (Å²) < 4.78 is 9.55. The largest absolute Gasteiger partial charge is 0.302 e. The zero-order valence-electron chi connectivity index (χ0n) is 21.3. The summed E-state index contributed by atoms with van der Waals surface area (Å²) in [6.45, 7) is 6.58. The smallest absolute Gasteiger partial charge is 0.284 e. The maximum Gasteiger partial charge on any atom is 0.284 e. The fraction of sp³-hybridized carbons (Fsp3) is 0.143. The normalized spacial score (nSPS) is 14.6. The molecule has 11 heteroatoms. The molecule has 0 N–H and O–H groups in total. The fourth-order valence-electron chi connectivity index (χ4n) is 4.22. The first-order chi connectivity index (χ1) is 18.9. The molecular formula is C28H22N6OS4. The van der Waals surface area contributed by atoms with Gasteiger partial charge >= 0.3 is 0 Å². The highest BCUT2D eigenvalue weighted by atomic mass is 32.2. The lowest BCUT2D eigenvalue weighted by Gasteiger charge is -2.24. The van der Waals surface area contributed by atoms with Crippen molar-refractivity contribution in [1.82, 2.24) is 18.6 Å². The van der Waals surface area contributed by atoms with Gasteiger partial charge in [-0.3, -0.25) is 14.7 Å². The Kier molecular flexibility index (Phi) is 6.98. The highest BCUT2D eigenvalue weighted by Gasteiger charge is 2.33. The number of thioether (sulfide) groups is 1. The summed E-state index contributed by atoms with van der Waals surface area (Å²) in [6, 6.07) is 21.2. The van der Waals surface area contributed by atoms with E-state index in [9.17, 15) is 4.79 Å². The van der Waals surface area contributed by atoms with Crippen molar-refractivity contribution in [2.45, 2.75) is 20.8 Å². The summed E-state index contributed by atoms with van der Waals surface area (Å²) in [5, 5.41) is 1.39. The molecule has 0 unspecified atom stereocenters. The van der Waals surface area contributed by atoms with E-state index in [2.05, 4.69) is 93.2 Å². The Hall–Kier alpha value is -3.51. The number of hydrogen-bond donors (Lipinski definition) is 0. The maximum atomic E-state index is 12.7. The Bertz CT molecular complexity index is 1690. The Morgan fingerprint density at radius 1 is 0.923 bits per heavy atom. The predicted octanol–water partition coefficient (Wildman–Crippen LogP) is 7.81.